The molecular weight excluding hydrogens is 617 g/mol. The molecule has 0 unspecified atom stereocenters. The topological polar surface area (TPSA) is 96.0 Å². The second kappa shape index (κ2) is 15.0. The van der Waals surface area contributed by atoms with Crippen LogP contribution in [0.1, 0.15) is 33.3 Å². The van der Waals surface area contributed by atoms with Crippen LogP contribution in [-0.2, 0) is 26.2 Å². The van der Waals surface area contributed by atoms with Crippen molar-refractivity contribution in [1.82, 2.24) is 10.2 Å². The van der Waals surface area contributed by atoms with E-state index >= 15 is 0 Å². The molecular formula is C30H35Cl2N3O5S2. The molecule has 3 rings (SSSR count). The number of ether oxygens (including phenoxy) is 1. The number of hydrogen-bond acceptors (Lipinski definition) is 6. The highest BCUT2D eigenvalue weighted by Gasteiger charge is 2.33. The molecule has 2 amide bonds. The van der Waals surface area contributed by atoms with Gasteiger partial charge in [0.2, 0.25) is 11.8 Å². The number of nitrogens with zero attached hydrogens (tertiary/aromatic N) is 2. The van der Waals surface area contributed by atoms with Crippen molar-refractivity contribution in [2.24, 2.45) is 0 Å². The number of carbonyl (C=O) groups is 2. The Kier molecular flexibility index (Phi) is 12.0. The number of carbonyl (C=O) groups excluding carboxylic acids is 2. The third-order valence-electron chi connectivity index (χ3n) is 6.35. The first-order chi connectivity index (χ1) is 19.9. The molecule has 0 aliphatic rings. The van der Waals surface area contributed by atoms with Gasteiger partial charge in [0, 0.05) is 33.1 Å². The Morgan fingerprint density at radius 3 is 2.07 bits per heavy atom. The zero-order valence-corrected chi connectivity index (χ0v) is 27.3. The first kappa shape index (κ1) is 33.6. The van der Waals surface area contributed by atoms with Crippen molar-refractivity contribution in [2.45, 2.75) is 56.1 Å². The monoisotopic (exact) mass is 651 g/mol. The molecule has 3 aromatic carbocycles. The van der Waals surface area contributed by atoms with Crippen molar-refractivity contribution >= 4 is 62.5 Å². The van der Waals surface area contributed by atoms with Crippen molar-refractivity contribution in [2.75, 3.05) is 23.7 Å². The Balaban J connectivity index is 2.07. The second-order valence-electron chi connectivity index (χ2n) is 9.68. The van der Waals surface area contributed by atoms with E-state index in [9.17, 15) is 18.0 Å². The van der Waals surface area contributed by atoms with E-state index in [0.717, 1.165) is 9.20 Å². The van der Waals surface area contributed by atoms with Crippen LogP contribution in [0.3, 0.4) is 0 Å². The normalized spacial score (nSPS) is 12.1. The molecule has 0 aliphatic carbocycles. The molecule has 0 spiro atoms. The number of halogens is 2. The van der Waals surface area contributed by atoms with Crippen LogP contribution in [-0.4, -0.2) is 56.6 Å². The number of amides is 2. The van der Waals surface area contributed by atoms with E-state index in [0.29, 0.717) is 28.0 Å². The Morgan fingerprint density at radius 1 is 0.952 bits per heavy atom. The van der Waals surface area contributed by atoms with Crippen LogP contribution in [0.2, 0.25) is 10.0 Å². The van der Waals surface area contributed by atoms with Crippen LogP contribution < -0.4 is 14.4 Å². The van der Waals surface area contributed by atoms with Crippen molar-refractivity contribution in [3.05, 3.63) is 82.3 Å². The lowest BCUT2D eigenvalue weighted by atomic mass is 10.1. The lowest BCUT2D eigenvalue weighted by Crippen LogP contribution is -2.52. The average Bonchev–Trinajstić information content (AvgIpc) is 2.95. The van der Waals surface area contributed by atoms with E-state index in [1.807, 2.05) is 27.0 Å². The van der Waals surface area contributed by atoms with Crippen LogP contribution in [0, 0.1) is 0 Å². The number of anilines is 1. The highest BCUT2D eigenvalue weighted by atomic mass is 35.5. The van der Waals surface area contributed by atoms with Gasteiger partial charge < -0.3 is 15.0 Å². The minimum Gasteiger partial charge on any atom is -0.494 e. The molecule has 0 heterocycles. The standard InChI is InChI=1S/C30H35Cl2N3O5S2/c1-6-40-23-12-10-22(11-13-23)35(42(38,39)25-16-14-24(41-5)15-17-25)19-29(36)34(21(4)30(37)33-20(2)3)18-26-27(31)8-7-9-28(26)32/h7-17,20-21H,6,18-19H2,1-5H3,(H,33,37)/t21-/m1/s1. The van der Waals surface area contributed by atoms with Gasteiger partial charge in [-0.25, -0.2) is 8.42 Å². The maximum Gasteiger partial charge on any atom is 0.264 e. The summed E-state index contributed by atoms with van der Waals surface area (Å²) < 4.78 is 34.6. The van der Waals surface area contributed by atoms with Gasteiger partial charge in [0.25, 0.3) is 10.0 Å². The molecule has 0 saturated carbocycles. The van der Waals surface area contributed by atoms with E-state index in [4.69, 9.17) is 27.9 Å². The largest absolute Gasteiger partial charge is 0.494 e. The zero-order valence-electron chi connectivity index (χ0n) is 24.1. The van der Waals surface area contributed by atoms with Crippen LogP contribution in [0.4, 0.5) is 5.69 Å². The SMILES string of the molecule is CCOc1ccc(N(CC(=O)N(Cc2c(Cl)cccc2Cl)[C@H](C)C(=O)NC(C)C)S(=O)(=O)c2ccc(SC)cc2)cc1. The van der Waals surface area contributed by atoms with Gasteiger partial charge in [-0.1, -0.05) is 29.3 Å². The Bertz CT molecular complexity index is 1460. The van der Waals surface area contributed by atoms with Gasteiger partial charge in [-0.2, -0.15) is 0 Å². The van der Waals surface area contributed by atoms with Crippen molar-refractivity contribution in [1.29, 1.82) is 0 Å². The summed E-state index contributed by atoms with van der Waals surface area (Å²) in [5.74, 6) is -0.455. The maximum absolute atomic E-state index is 14.1. The predicted octanol–water partition coefficient (Wildman–Crippen LogP) is 6.25. The number of benzene rings is 3. The molecule has 0 aliphatic heterocycles. The van der Waals surface area contributed by atoms with Crippen molar-refractivity contribution < 1.29 is 22.7 Å². The average molecular weight is 653 g/mol. The highest BCUT2D eigenvalue weighted by Crippen LogP contribution is 2.29. The van der Waals surface area contributed by atoms with Gasteiger partial charge in [0.15, 0.2) is 0 Å². The fourth-order valence-corrected chi connectivity index (χ4v) is 6.46. The Labute approximate surface area is 262 Å². The lowest BCUT2D eigenvalue weighted by molar-refractivity contribution is -0.139. The number of sulfonamides is 1. The van der Waals surface area contributed by atoms with Gasteiger partial charge in [-0.05, 0) is 94.6 Å². The third kappa shape index (κ3) is 8.34. The summed E-state index contributed by atoms with van der Waals surface area (Å²) in [7, 11) is -4.20. The highest BCUT2D eigenvalue weighted by molar-refractivity contribution is 7.98. The molecule has 42 heavy (non-hydrogen) atoms. The van der Waals surface area contributed by atoms with E-state index in [1.165, 1.54) is 28.8 Å². The molecule has 226 valence electrons. The predicted molar refractivity (Wildman–Crippen MR) is 170 cm³/mol. The van der Waals surface area contributed by atoms with Crippen LogP contribution in [0.5, 0.6) is 5.75 Å². The number of nitrogens with one attached hydrogen (secondary N) is 1. The molecule has 0 bridgehead atoms. The van der Waals surface area contributed by atoms with E-state index in [2.05, 4.69) is 5.32 Å². The summed E-state index contributed by atoms with van der Waals surface area (Å²) in [6.45, 7) is 6.80. The summed E-state index contributed by atoms with van der Waals surface area (Å²) in [5, 5.41) is 3.46. The molecule has 1 atom stereocenters. The Hall–Kier alpha value is -2.92. The third-order valence-corrected chi connectivity index (χ3v) is 9.59. The number of rotatable bonds is 13. The van der Waals surface area contributed by atoms with Crippen LogP contribution >= 0.6 is 35.0 Å². The second-order valence-corrected chi connectivity index (χ2v) is 13.2. The van der Waals surface area contributed by atoms with Gasteiger partial charge in [0.1, 0.15) is 18.3 Å². The molecule has 0 fully saturated rings. The quantitative estimate of drug-likeness (QED) is 0.220. The van der Waals surface area contributed by atoms with E-state index in [1.54, 1.807) is 61.5 Å². The minimum atomic E-state index is -4.20. The smallest absolute Gasteiger partial charge is 0.264 e. The molecule has 0 radical (unpaired) electrons. The lowest BCUT2D eigenvalue weighted by Gasteiger charge is -2.32. The van der Waals surface area contributed by atoms with Crippen LogP contribution in [0.25, 0.3) is 0 Å². The summed E-state index contributed by atoms with van der Waals surface area (Å²) >= 11 is 14.3. The van der Waals surface area contributed by atoms with Crippen molar-refractivity contribution in [3.8, 4) is 5.75 Å². The number of thioether (sulfide) groups is 1. The summed E-state index contributed by atoms with van der Waals surface area (Å²) in [5.41, 5.74) is 0.706. The minimum absolute atomic E-state index is 0.0216. The van der Waals surface area contributed by atoms with Crippen LogP contribution in [0.15, 0.2) is 76.5 Å². The summed E-state index contributed by atoms with van der Waals surface area (Å²) in [4.78, 5) is 29.3. The maximum atomic E-state index is 14.1. The summed E-state index contributed by atoms with van der Waals surface area (Å²) in [6.07, 6.45) is 1.89. The number of hydrogen-bond donors (Lipinski definition) is 1. The summed E-state index contributed by atoms with van der Waals surface area (Å²) in [6, 6.07) is 16.7. The van der Waals surface area contributed by atoms with E-state index < -0.39 is 34.4 Å². The molecule has 8 nitrogen and oxygen atoms in total. The van der Waals surface area contributed by atoms with E-state index in [-0.39, 0.29) is 23.2 Å². The van der Waals surface area contributed by atoms with Gasteiger partial charge in [0.05, 0.1) is 17.2 Å². The van der Waals surface area contributed by atoms with Gasteiger partial charge in [-0.3, -0.25) is 13.9 Å². The molecule has 0 aromatic heterocycles. The fraction of sp³-hybridized carbons (Fsp3) is 0.333. The van der Waals surface area contributed by atoms with Gasteiger partial charge in [-0.15, -0.1) is 11.8 Å². The fourth-order valence-electron chi connectivity index (χ4n) is 4.12. The molecule has 0 saturated heterocycles. The van der Waals surface area contributed by atoms with Gasteiger partial charge >= 0.3 is 0 Å². The zero-order chi connectivity index (χ0) is 31.0. The Morgan fingerprint density at radius 2 is 1.55 bits per heavy atom. The molecule has 12 heteroatoms. The molecule has 3 aromatic rings. The first-order valence-corrected chi connectivity index (χ1v) is 16.7. The van der Waals surface area contributed by atoms with Crippen molar-refractivity contribution in [3.63, 3.8) is 0 Å². The first-order valence-electron chi connectivity index (χ1n) is 13.3. The molecule has 1 N–H and O–H groups in total.